The highest BCUT2D eigenvalue weighted by atomic mass is 16.5. The topological polar surface area (TPSA) is 76.0 Å². The average molecular weight is 415 g/mol. The molecule has 1 heterocycles. The van der Waals surface area contributed by atoms with E-state index >= 15 is 0 Å². The van der Waals surface area contributed by atoms with Crippen LogP contribution < -0.4 is 4.74 Å². The Hall–Kier alpha value is -3.21. The minimum Gasteiger partial charge on any atom is -0.504 e. The third-order valence-corrected chi connectivity index (χ3v) is 6.49. The third kappa shape index (κ3) is 3.02. The van der Waals surface area contributed by atoms with Crippen LogP contribution in [0.15, 0.2) is 53.0 Å². The normalized spacial score (nSPS) is 23.8. The van der Waals surface area contributed by atoms with Crippen molar-refractivity contribution in [3.8, 4) is 11.5 Å². The molecule has 0 spiro atoms. The number of carbonyl (C=O) groups excluding carboxylic acids is 2. The first kappa shape index (κ1) is 19.7. The molecule has 1 aliphatic heterocycles. The lowest BCUT2D eigenvalue weighted by molar-refractivity contribution is -0.124. The number of hydrogen-bond donors (Lipinski definition) is 1. The summed E-state index contributed by atoms with van der Waals surface area (Å²) in [5, 5.41) is 10.2. The fourth-order valence-electron chi connectivity index (χ4n) is 5.28. The van der Waals surface area contributed by atoms with Crippen LogP contribution in [-0.2, 0) is 4.79 Å². The molecule has 0 saturated heterocycles. The van der Waals surface area contributed by atoms with Crippen molar-refractivity contribution in [2.24, 2.45) is 16.3 Å². The second kappa shape index (κ2) is 6.91. The number of phenolic OH excluding ortho intramolecular Hbond substituents is 1. The van der Waals surface area contributed by atoms with Gasteiger partial charge in [-0.1, -0.05) is 44.2 Å². The van der Waals surface area contributed by atoms with Crippen molar-refractivity contribution in [1.29, 1.82) is 0 Å². The van der Waals surface area contributed by atoms with Crippen LogP contribution in [0.25, 0.3) is 5.70 Å². The van der Waals surface area contributed by atoms with Crippen molar-refractivity contribution in [1.82, 2.24) is 0 Å². The summed E-state index contributed by atoms with van der Waals surface area (Å²) < 4.78 is 5.60. The van der Waals surface area contributed by atoms with Gasteiger partial charge in [-0.2, -0.15) is 0 Å². The van der Waals surface area contributed by atoms with E-state index in [2.05, 4.69) is 13.8 Å². The number of Topliss-reactive ketones (excluding diaryl/α,β-unsaturated/α-hetero) is 2. The molecule has 0 amide bonds. The van der Waals surface area contributed by atoms with Crippen LogP contribution in [0.2, 0.25) is 0 Å². The Kier molecular flexibility index (Phi) is 4.40. The maximum absolute atomic E-state index is 13.5. The molecule has 5 rings (SSSR count). The number of rotatable bonds is 3. The number of phenols is 1. The molecule has 2 aliphatic carbocycles. The molecule has 0 bridgehead atoms. The number of ketones is 2. The molecule has 3 aliphatic rings. The van der Waals surface area contributed by atoms with Crippen LogP contribution in [0.3, 0.4) is 0 Å². The highest BCUT2D eigenvalue weighted by Crippen LogP contribution is 2.52. The maximum atomic E-state index is 13.5. The standard InChI is InChI=1S/C26H25NO4/c1-4-31-20-11-14(9-10-18(20)28)21-22-17(12-26(2,3)13-19(22)29)27-24-15-7-5-6-8-16(15)25(30)23(21)24/h5-11,21-22,28H,4,12-13H2,1-3H3/t21-,22?/m0/s1. The molecule has 0 aromatic heterocycles. The van der Waals surface area contributed by atoms with Crippen molar-refractivity contribution in [3.05, 3.63) is 64.7 Å². The number of benzene rings is 2. The van der Waals surface area contributed by atoms with E-state index in [1.54, 1.807) is 18.2 Å². The van der Waals surface area contributed by atoms with Crippen molar-refractivity contribution in [2.45, 2.75) is 39.5 Å². The fourth-order valence-corrected chi connectivity index (χ4v) is 5.28. The zero-order valence-corrected chi connectivity index (χ0v) is 17.9. The second-order valence-corrected chi connectivity index (χ2v) is 9.34. The Bertz CT molecular complexity index is 1190. The molecule has 5 nitrogen and oxygen atoms in total. The van der Waals surface area contributed by atoms with Gasteiger partial charge in [-0.05, 0) is 36.5 Å². The molecule has 1 N–H and O–H groups in total. The van der Waals surface area contributed by atoms with Crippen molar-refractivity contribution < 1.29 is 19.4 Å². The predicted octanol–water partition coefficient (Wildman–Crippen LogP) is 4.94. The van der Waals surface area contributed by atoms with E-state index in [1.165, 1.54) is 0 Å². The Morgan fingerprint density at radius 2 is 1.81 bits per heavy atom. The molecular formula is C26H25NO4. The largest absolute Gasteiger partial charge is 0.504 e. The summed E-state index contributed by atoms with van der Waals surface area (Å²) in [5.41, 5.74) is 4.21. The first-order valence-corrected chi connectivity index (χ1v) is 10.7. The van der Waals surface area contributed by atoms with Gasteiger partial charge in [-0.3, -0.25) is 14.6 Å². The van der Waals surface area contributed by atoms with Crippen LogP contribution in [0.5, 0.6) is 11.5 Å². The molecule has 1 fully saturated rings. The molecule has 2 aromatic rings. The first-order chi connectivity index (χ1) is 14.8. The molecule has 2 atom stereocenters. The highest BCUT2D eigenvalue weighted by Gasteiger charge is 2.50. The van der Waals surface area contributed by atoms with Crippen LogP contribution in [0, 0.1) is 11.3 Å². The molecule has 2 aromatic carbocycles. The number of allylic oxidation sites excluding steroid dienone is 1. The summed E-state index contributed by atoms with van der Waals surface area (Å²) in [6.07, 6.45) is 1.16. The molecule has 158 valence electrons. The summed E-state index contributed by atoms with van der Waals surface area (Å²) in [7, 11) is 0. The van der Waals surface area contributed by atoms with Gasteiger partial charge in [-0.15, -0.1) is 0 Å². The van der Waals surface area contributed by atoms with Gasteiger partial charge in [0.1, 0.15) is 5.78 Å². The van der Waals surface area contributed by atoms with Crippen molar-refractivity contribution in [2.75, 3.05) is 6.61 Å². The van der Waals surface area contributed by atoms with Gasteiger partial charge in [0.15, 0.2) is 17.3 Å². The number of ether oxygens (including phenoxy) is 1. The molecule has 1 saturated carbocycles. The minimum atomic E-state index is -0.468. The summed E-state index contributed by atoms with van der Waals surface area (Å²) in [5.74, 6) is -0.460. The maximum Gasteiger partial charge on any atom is 0.192 e. The lowest BCUT2D eigenvalue weighted by Gasteiger charge is -2.40. The summed E-state index contributed by atoms with van der Waals surface area (Å²) in [6.45, 7) is 6.43. The Morgan fingerprint density at radius 1 is 1.06 bits per heavy atom. The number of fused-ring (bicyclic) bond motifs is 3. The van der Waals surface area contributed by atoms with E-state index in [-0.39, 0.29) is 22.7 Å². The van der Waals surface area contributed by atoms with Crippen molar-refractivity contribution in [3.63, 3.8) is 0 Å². The van der Waals surface area contributed by atoms with Gasteiger partial charge in [0.05, 0.1) is 18.2 Å². The zero-order valence-electron chi connectivity index (χ0n) is 17.9. The third-order valence-electron chi connectivity index (χ3n) is 6.49. The Balaban J connectivity index is 1.73. The molecule has 31 heavy (non-hydrogen) atoms. The lowest BCUT2D eigenvalue weighted by Crippen LogP contribution is -2.43. The predicted molar refractivity (Wildman–Crippen MR) is 119 cm³/mol. The molecule has 0 radical (unpaired) electrons. The fraction of sp³-hybridized carbons (Fsp3) is 0.346. The summed E-state index contributed by atoms with van der Waals surface area (Å²) >= 11 is 0. The quantitative estimate of drug-likeness (QED) is 0.770. The first-order valence-electron chi connectivity index (χ1n) is 10.7. The Labute approximate surface area is 181 Å². The van der Waals surface area contributed by atoms with Crippen molar-refractivity contribution >= 4 is 23.0 Å². The molecular weight excluding hydrogens is 390 g/mol. The minimum absolute atomic E-state index is 0.0432. The lowest BCUT2D eigenvalue weighted by atomic mass is 9.63. The number of carbonyl (C=O) groups is 2. The van der Waals surface area contributed by atoms with E-state index in [0.29, 0.717) is 42.0 Å². The smallest absolute Gasteiger partial charge is 0.192 e. The van der Waals surface area contributed by atoms with Gasteiger partial charge in [-0.25, -0.2) is 0 Å². The van der Waals surface area contributed by atoms with E-state index < -0.39 is 11.8 Å². The zero-order chi connectivity index (χ0) is 21.9. The van der Waals surface area contributed by atoms with Crippen LogP contribution >= 0.6 is 0 Å². The second-order valence-electron chi connectivity index (χ2n) is 9.34. The highest BCUT2D eigenvalue weighted by molar-refractivity contribution is 6.25. The number of aromatic hydroxyl groups is 1. The van der Waals surface area contributed by atoms with Gasteiger partial charge in [0, 0.05) is 34.8 Å². The van der Waals surface area contributed by atoms with E-state index in [0.717, 1.165) is 16.8 Å². The number of aliphatic imine (C=N–C) groups is 1. The van der Waals surface area contributed by atoms with Gasteiger partial charge >= 0.3 is 0 Å². The van der Waals surface area contributed by atoms with Gasteiger partial charge in [0.25, 0.3) is 0 Å². The molecule has 1 unspecified atom stereocenters. The molecule has 5 heteroatoms. The van der Waals surface area contributed by atoms with Crippen LogP contribution in [0.1, 0.15) is 61.0 Å². The van der Waals surface area contributed by atoms with E-state index in [9.17, 15) is 14.7 Å². The van der Waals surface area contributed by atoms with Gasteiger partial charge in [0.2, 0.25) is 0 Å². The van der Waals surface area contributed by atoms with Gasteiger partial charge < -0.3 is 9.84 Å². The Morgan fingerprint density at radius 3 is 2.55 bits per heavy atom. The summed E-state index contributed by atoms with van der Waals surface area (Å²) in [4.78, 5) is 31.8. The monoisotopic (exact) mass is 415 g/mol. The van der Waals surface area contributed by atoms with Crippen LogP contribution in [-0.4, -0.2) is 29.0 Å². The SMILES string of the molecule is CCOc1cc([C@@H]2C3=C(N=C4CC(C)(C)CC(=O)C42)c2ccccc2C3=O)ccc1O. The average Bonchev–Trinajstić information content (AvgIpc) is 3.00. The van der Waals surface area contributed by atoms with E-state index in [4.69, 9.17) is 9.73 Å². The number of nitrogens with zero attached hydrogens (tertiary/aromatic N) is 1. The van der Waals surface area contributed by atoms with Crippen LogP contribution in [0.4, 0.5) is 0 Å². The van der Waals surface area contributed by atoms with E-state index in [1.807, 2.05) is 31.2 Å². The number of hydrogen-bond acceptors (Lipinski definition) is 5. The summed E-state index contributed by atoms with van der Waals surface area (Å²) in [6, 6.07) is 12.6.